The number of esters is 1. The summed E-state index contributed by atoms with van der Waals surface area (Å²) in [7, 11) is 0. The monoisotopic (exact) mass is 358 g/mol. The molecular weight excluding hydrogens is 332 g/mol. The minimum atomic E-state index is -0.705. The number of carbonyl (C=O) groups excluding carboxylic acids is 2. The summed E-state index contributed by atoms with van der Waals surface area (Å²) in [6.07, 6.45) is 0. The van der Waals surface area contributed by atoms with Crippen molar-refractivity contribution in [3.05, 3.63) is 52.9 Å². The largest absolute Gasteiger partial charge is 0.450 e. The van der Waals surface area contributed by atoms with E-state index in [2.05, 4.69) is 36.5 Å². The number of ether oxygens (including phenoxy) is 1. The maximum Gasteiger partial charge on any atom is 0.377 e. The van der Waals surface area contributed by atoms with E-state index < -0.39 is 5.97 Å². The van der Waals surface area contributed by atoms with Crippen LogP contribution in [0.4, 0.5) is 0 Å². The Kier molecular flexibility index (Phi) is 6.55. The first-order valence-corrected chi connectivity index (χ1v) is 8.77. The lowest BCUT2D eigenvalue weighted by Gasteiger charge is -2.23. The van der Waals surface area contributed by atoms with Gasteiger partial charge in [-0.25, -0.2) is 4.79 Å². The lowest BCUT2D eigenvalue weighted by molar-refractivity contribution is -0.125. The summed E-state index contributed by atoms with van der Waals surface area (Å²) < 4.78 is 9.81. The molecular formula is C20H26N2O4. The number of carbonyl (C=O) groups is 2. The lowest BCUT2D eigenvalue weighted by atomic mass is 9.93. The number of nitrogens with zero attached hydrogens (tertiary/aromatic N) is 1. The van der Waals surface area contributed by atoms with E-state index in [1.54, 1.807) is 6.92 Å². The number of nitrogens with one attached hydrogen (secondary N) is 1. The van der Waals surface area contributed by atoms with Crippen LogP contribution in [0, 0.1) is 12.8 Å². The minimum Gasteiger partial charge on any atom is -0.450 e. The van der Waals surface area contributed by atoms with Gasteiger partial charge in [0.25, 0.3) is 5.91 Å². The van der Waals surface area contributed by atoms with Crippen LogP contribution in [0.5, 0.6) is 0 Å². The molecule has 2 rings (SSSR count). The van der Waals surface area contributed by atoms with Crippen molar-refractivity contribution in [3.63, 3.8) is 0 Å². The molecule has 6 heteroatoms. The average molecular weight is 358 g/mol. The van der Waals surface area contributed by atoms with Crippen LogP contribution < -0.4 is 5.32 Å². The van der Waals surface area contributed by atoms with Crippen LogP contribution in [0.2, 0.25) is 0 Å². The van der Waals surface area contributed by atoms with Gasteiger partial charge in [0, 0.05) is 6.07 Å². The van der Waals surface area contributed by atoms with Crippen LogP contribution in [0.3, 0.4) is 0 Å². The van der Waals surface area contributed by atoms with E-state index in [0.717, 1.165) is 5.56 Å². The summed E-state index contributed by atoms with van der Waals surface area (Å²) in [5.74, 6) is -0.434. The third kappa shape index (κ3) is 5.18. The highest BCUT2D eigenvalue weighted by Crippen LogP contribution is 2.24. The average Bonchev–Trinajstić information content (AvgIpc) is 3.04. The number of benzene rings is 1. The molecule has 0 aliphatic heterocycles. The molecule has 6 nitrogen and oxygen atoms in total. The topological polar surface area (TPSA) is 81.4 Å². The van der Waals surface area contributed by atoms with Crippen molar-refractivity contribution in [2.45, 2.75) is 46.6 Å². The van der Waals surface area contributed by atoms with E-state index in [9.17, 15) is 9.59 Å². The first-order chi connectivity index (χ1) is 12.3. The van der Waals surface area contributed by atoms with E-state index in [1.165, 1.54) is 11.6 Å². The zero-order valence-electron chi connectivity index (χ0n) is 15.9. The summed E-state index contributed by atoms with van der Waals surface area (Å²) >= 11 is 0. The Labute approximate surface area is 153 Å². The van der Waals surface area contributed by atoms with Gasteiger partial charge < -0.3 is 14.6 Å². The summed E-state index contributed by atoms with van der Waals surface area (Å²) in [6.45, 7) is 9.67. The second-order valence-electron chi connectivity index (χ2n) is 7.02. The molecule has 140 valence electrons. The second kappa shape index (κ2) is 8.65. The summed E-state index contributed by atoms with van der Waals surface area (Å²) in [6, 6.07) is 9.53. The number of hydrogen-bond donors (Lipinski definition) is 1. The summed E-state index contributed by atoms with van der Waals surface area (Å²) in [5, 5.41) is 6.55. The number of hydrogen-bond acceptors (Lipinski definition) is 5. The molecule has 2 aromatic rings. The molecule has 0 aliphatic rings. The van der Waals surface area contributed by atoms with Gasteiger partial charge in [-0.05, 0) is 29.9 Å². The number of amides is 1. The van der Waals surface area contributed by atoms with Gasteiger partial charge in [0.05, 0.1) is 11.7 Å². The molecule has 0 fully saturated rings. The Morgan fingerprint density at radius 3 is 2.23 bits per heavy atom. The van der Waals surface area contributed by atoms with Gasteiger partial charge in [0.15, 0.2) is 6.61 Å². The molecule has 1 aromatic heterocycles. The summed E-state index contributed by atoms with van der Waals surface area (Å²) in [4.78, 5) is 24.0. The highest BCUT2D eigenvalue weighted by atomic mass is 16.6. The van der Waals surface area contributed by atoms with Gasteiger partial charge in [0.2, 0.25) is 5.76 Å². The minimum absolute atomic E-state index is 0.0139. The summed E-state index contributed by atoms with van der Waals surface area (Å²) in [5.41, 5.74) is 2.85. The Morgan fingerprint density at radius 2 is 1.73 bits per heavy atom. The molecule has 1 N–H and O–H groups in total. The van der Waals surface area contributed by atoms with Gasteiger partial charge >= 0.3 is 5.97 Å². The maximum absolute atomic E-state index is 12.2. The first kappa shape index (κ1) is 19.7. The van der Waals surface area contributed by atoms with E-state index in [1.807, 2.05) is 26.0 Å². The Hall–Kier alpha value is -2.63. The van der Waals surface area contributed by atoms with Crippen LogP contribution in [-0.2, 0) is 9.53 Å². The fourth-order valence-corrected chi connectivity index (χ4v) is 2.60. The van der Waals surface area contributed by atoms with Crippen molar-refractivity contribution in [2.24, 2.45) is 5.92 Å². The van der Waals surface area contributed by atoms with Gasteiger partial charge in [-0.1, -0.05) is 57.1 Å². The van der Waals surface area contributed by atoms with Gasteiger partial charge in [0.1, 0.15) is 0 Å². The van der Waals surface area contributed by atoms with E-state index in [0.29, 0.717) is 11.6 Å². The smallest absolute Gasteiger partial charge is 0.377 e. The molecule has 0 radical (unpaired) electrons. The number of rotatable bonds is 7. The molecule has 0 bridgehead atoms. The molecule has 0 unspecified atom stereocenters. The third-order valence-electron chi connectivity index (χ3n) is 4.11. The number of aromatic nitrogens is 1. The molecule has 26 heavy (non-hydrogen) atoms. The quantitative estimate of drug-likeness (QED) is 0.762. The Morgan fingerprint density at radius 1 is 1.12 bits per heavy atom. The van der Waals surface area contributed by atoms with Gasteiger partial charge in [-0.2, -0.15) is 0 Å². The Bertz CT molecular complexity index is 747. The number of aryl methyl sites for hydroxylation is 1. The Balaban J connectivity index is 1.96. The molecule has 1 heterocycles. The fraction of sp³-hybridized carbons (Fsp3) is 0.450. The molecule has 0 saturated carbocycles. The second-order valence-corrected chi connectivity index (χ2v) is 7.02. The van der Waals surface area contributed by atoms with Crippen molar-refractivity contribution in [1.29, 1.82) is 0 Å². The van der Waals surface area contributed by atoms with Gasteiger partial charge in [-0.15, -0.1) is 0 Å². The van der Waals surface area contributed by atoms with Crippen molar-refractivity contribution < 1.29 is 18.8 Å². The molecule has 1 aromatic carbocycles. The molecule has 0 saturated heterocycles. The predicted octanol–water partition coefficient (Wildman–Crippen LogP) is 3.78. The SMILES string of the molecule is Cc1cc(C(=O)OCC(=O)N[C@@H](c2ccc(C(C)C)cc2)C(C)C)on1. The standard InChI is InChI=1S/C20H26N2O4/c1-12(2)15-6-8-16(9-7-15)19(13(3)4)21-18(23)11-25-20(24)17-10-14(5)22-26-17/h6-10,12-13,19H,11H2,1-5H3,(H,21,23)/t19-/m1/s1. The highest BCUT2D eigenvalue weighted by molar-refractivity contribution is 5.88. The van der Waals surface area contributed by atoms with Crippen molar-refractivity contribution in [1.82, 2.24) is 10.5 Å². The van der Waals surface area contributed by atoms with Crippen LogP contribution >= 0.6 is 0 Å². The molecule has 0 spiro atoms. The molecule has 1 atom stereocenters. The van der Waals surface area contributed by atoms with Crippen molar-refractivity contribution in [2.75, 3.05) is 6.61 Å². The van der Waals surface area contributed by atoms with Crippen LogP contribution in [0.15, 0.2) is 34.9 Å². The van der Waals surface area contributed by atoms with E-state index >= 15 is 0 Å². The molecule has 0 aliphatic carbocycles. The van der Waals surface area contributed by atoms with Crippen molar-refractivity contribution >= 4 is 11.9 Å². The first-order valence-electron chi connectivity index (χ1n) is 8.77. The van der Waals surface area contributed by atoms with Crippen molar-refractivity contribution in [3.8, 4) is 0 Å². The maximum atomic E-state index is 12.2. The third-order valence-corrected chi connectivity index (χ3v) is 4.11. The van der Waals surface area contributed by atoms with E-state index in [-0.39, 0.29) is 30.2 Å². The predicted molar refractivity (Wildman–Crippen MR) is 97.8 cm³/mol. The van der Waals surface area contributed by atoms with Gasteiger partial charge in [-0.3, -0.25) is 4.79 Å². The fourth-order valence-electron chi connectivity index (χ4n) is 2.60. The highest BCUT2D eigenvalue weighted by Gasteiger charge is 2.20. The van der Waals surface area contributed by atoms with E-state index in [4.69, 9.17) is 9.26 Å². The molecule has 1 amide bonds. The zero-order valence-corrected chi connectivity index (χ0v) is 15.9. The van der Waals surface area contributed by atoms with Crippen LogP contribution in [0.1, 0.15) is 67.0 Å². The van der Waals surface area contributed by atoms with Crippen LogP contribution in [-0.4, -0.2) is 23.6 Å². The zero-order chi connectivity index (χ0) is 19.3. The lowest BCUT2D eigenvalue weighted by Crippen LogP contribution is -2.35. The normalized spacial score (nSPS) is 12.3. The van der Waals surface area contributed by atoms with Crippen LogP contribution in [0.25, 0.3) is 0 Å².